The molecule has 0 unspecified atom stereocenters. The first-order valence-corrected chi connectivity index (χ1v) is 10.7. The maximum atomic E-state index is 9.38. The summed E-state index contributed by atoms with van der Waals surface area (Å²) >= 11 is 1.61. The SMILES string of the molecule is COc1ccnc(SCCN2CCN(c3cccc4c3OCCO4)CC2)c1C#N. The third-order valence-electron chi connectivity index (χ3n) is 5.11. The van der Waals surface area contributed by atoms with E-state index >= 15 is 0 Å². The number of anilines is 1. The summed E-state index contributed by atoms with van der Waals surface area (Å²) in [5.74, 6) is 3.17. The highest BCUT2D eigenvalue weighted by Gasteiger charge is 2.23. The molecule has 2 aliphatic heterocycles. The van der Waals surface area contributed by atoms with E-state index in [4.69, 9.17) is 14.2 Å². The fourth-order valence-corrected chi connectivity index (χ4v) is 4.57. The predicted octanol–water partition coefficient (Wildman–Crippen LogP) is 2.65. The van der Waals surface area contributed by atoms with E-state index in [2.05, 4.69) is 26.9 Å². The highest BCUT2D eigenvalue weighted by Crippen LogP contribution is 2.39. The summed E-state index contributed by atoms with van der Waals surface area (Å²) in [5.41, 5.74) is 1.64. The Morgan fingerprint density at radius 1 is 1.17 bits per heavy atom. The van der Waals surface area contributed by atoms with Crippen molar-refractivity contribution in [2.75, 3.05) is 63.7 Å². The van der Waals surface area contributed by atoms with E-state index in [1.165, 1.54) is 0 Å². The summed E-state index contributed by atoms with van der Waals surface area (Å²) in [6.45, 7) is 6.04. The lowest BCUT2D eigenvalue weighted by Crippen LogP contribution is -2.47. The maximum absolute atomic E-state index is 9.38. The fourth-order valence-electron chi connectivity index (χ4n) is 3.60. The molecule has 0 amide bonds. The van der Waals surface area contributed by atoms with E-state index in [1.807, 2.05) is 12.1 Å². The van der Waals surface area contributed by atoms with Gasteiger partial charge in [-0.1, -0.05) is 6.07 Å². The molecule has 3 heterocycles. The van der Waals surface area contributed by atoms with Gasteiger partial charge in [0.2, 0.25) is 0 Å². The minimum Gasteiger partial charge on any atom is -0.495 e. The number of hydrogen-bond acceptors (Lipinski definition) is 8. The molecule has 0 aliphatic carbocycles. The molecule has 152 valence electrons. The summed E-state index contributed by atoms with van der Waals surface area (Å²) in [6.07, 6.45) is 1.69. The van der Waals surface area contributed by atoms with Gasteiger partial charge in [0.05, 0.1) is 12.8 Å². The molecule has 8 heteroatoms. The van der Waals surface area contributed by atoms with Crippen molar-refractivity contribution in [3.63, 3.8) is 0 Å². The molecule has 0 saturated carbocycles. The molecule has 0 N–H and O–H groups in total. The number of aromatic nitrogens is 1. The van der Waals surface area contributed by atoms with Crippen molar-refractivity contribution >= 4 is 17.4 Å². The average molecular weight is 413 g/mol. The molecule has 4 rings (SSSR count). The van der Waals surface area contributed by atoms with Crippen LogP contribution < -0.4 is 19.1 Å². The minimum atomic E-state index is 0.515. The molecule has 0 radical (unpaired) electrons. The highest BCUT2D eigenvalue weighted by atomic mass is 32.2. The van der Waals surface area contributed by atoms with Crippen molar-refractivity contribution in [2.45, 2.75) is 5.03 Å². The Balaban J connectivity index is 1.30. The van der Waals surface area contributed by atoms with Crippen LogP contribution in [0.3, 0.4) is 0 Å². The smallest absolute Gasteiger partial charge is 0.184 e. The van der Waals surface area contributed by atoms with Crippen molar-refractivity contribution in [1.29, 1.82) is 5.26 Å². The van der Waals surface area contributed by atoms with Gasteiger partial charge in [-0.15, -0.1) is 11.8 Å². The molecule has 1 aromatic heterocycles. The lowest BCUT2D eigenvalue weighted by Gasteiger charge is -2.37. The van der Waals surface area contributed by atoms with E-state index in [9.17, 15) is 5.26 Å². The highest BCUT2D eigenvalue weighted by molar-refractivity contribution is 7.99. The van der Waals surface area contributed by atoms with Gasteiger partial charge in [-0.05, 0) is 18.2 Å². The second kappa shape index (κ2) is 9.25. The number of piperazine rings is 1. The minimum absolute atomic E-state index is 0.515. The van der Waals surface area contributed by atoms with Crippen molar-refractivity contribution in [3.05, 3.63) is 36.0 Å². The molecule has 2 aliphatic rings. The van der Waals surface area contributed by atoms with Crippen molar-refractivity contribution < 1.29 is 14.2 Å². The number of nitrogens with zero attached hydrogens (tertiary/aromatic N) is 4. The maximum Gasteiger partial charge on any atom is 0.184 e. The van der Waals surface area contributed by atoms with E-state index in [0.29, 0.717) is 24.5 Å². The van der Waals surface area contributed by atoms with Gasteiger partial charge in [0.1, 0.15) is 35.6 Å². The fraction of sp³-hybridized carbons (Fsp3) is 0.429. The Kier molecular flexibility index (Phi) is 6.27. The molecular weight excluding hydrogens is 388 g/mol. The molecule has 1 saturated heterocycles. The molecule has 0 bridgehead atoms. The summed E-state index contributed by atoms with van der Waals surface area (Å²) in [5, 5.41) is 10.1. The van der Waals surface area contributed by atoms with Crippen LogP contribution in [0.5, 0.6) is 17.2 Å². The van der Waals surface area contributed by atoms with Crippen LogP contribution in [0.4, 0.5) is 5.69 Å². The first-order chi connectivity index (χ1) is 14.3. The second-order valence-corrected chi connectivity index (χ2v) is 7.87. The largest absolute Gasteiger partial charge is 0.495 e. The van der Waals surface area contributed by atoms with Gasteiger partial charge >= 0.3 is 0 Å². The molecule has 1 aromatic carbocycles. The van der Waals surface area contributed by atoms with Crippen LogP contribution >= 0.6 is 11.8 Å². The Labute approximate surface area is 175 Å². The van der Waals surface area contributed by atoms with Crippen LogP contribution in [0.15, 0.2) is 35.5 Å². The number of benzene rings is 1. The van der Waals surface area contributed by atoms with E-state index in [1.54, 1.807) is 31.1 Å². The van der Waals surface area contributed by atoms with Gasteiger partial charge in [0.15, 0.2) is 11.5 Å². The Bertz CT molecular complexity index is 894. The third-order valence-corrected chi connectivity index (χ3v) is 6.08. The normalized spacial score (nSPS) is 16.3. The molecule has 7 nitrogen and oxygen atoms in total. The number of hydrogen-bond donors (Lipinski definition) is 0. The standard InChI is InChI=1S/C21H24N4O3S/c1-26-18-5-6-23-21(16(18)15-22)29-14-11-24-7-9-25(10-8-24)17-3-2-4-19-20(17)28-13-12-27-19/h2-6H,7-14H2,1H3. The number of rotatable bonds is 6. The lowest BCUT2D eigenvalue weighted by atomic mass is 10.2. The Morgan fingerprint density at radius 3 is 2.79 bits per heavy atom. The van der Waals surface area contributed by atoms with E-state index < -0.39 is 0 Å². The van der Waals surface area contributed by atoms with Gasteiger partial charge in [0.25, 0.3) is 0 Å². The Hall–Kier alpha value is -2.63. The van der Waals surface area contributed by atoms with E-state index in [-0.39, 0.29) is 0 Å². The van der Waals surface area contributed by atoms with Gasteiger partial charge in [-0.3, -0.25) is 4.90 Å². The van der Waals surface area contributed by atoms with Gasteiger partial charge in [-0.25, -0.2) is 4.98 Å². The topological polar surface area (TPSA) is 70.8 Å². The van der Waals surface area contributed by atoms with Crippen molar-refractivity contribution in [1.82, 2.24) is 9.88 Å². The number of nitriles is 1. The lowest BCUT2D eigenvalue weighted by molar-refractivity contribution is 0.171. The van der Waals surface area contributed by atoms with Crippen LogP contribution in [0.1, 0.15) is 5.56 Å². The van der Waals surface area contributed by atoms with Gasteiger partial charge in [-0.2, -0.15) is 5.26 Å². The average Bonchev–Trinajstić information content (AvgIpc) is 2.79. The van der Waals surface area contributed by atoms with Crippen LogP contribution in [0.25, 0.3) is 0 Å². The molecule has 29 heavy (non-hydrogen) atoms. The molecule has 0 spiro atoms. The number of para-hydroxylation sites is 1. The zero-order valence-electron chi connectivity index (χ0n) is 16.5. The van der Waals surface area contributed by atoms with Gasteiger partial charge < -0.3 is 19.1 Å². The first kappa shape index (κ1) is 19.7. The molecule has 0 atom stereocenters. The monoisotopic (exact) mass is 412 g/mol. The zero-order valence-corrected chi connectivity index (χ0v) is 17.3. The summed E-state index contributed by atoms with van der Waals surface area (Å²) in [7, 11) is 1.57. The number of fused-ring (bicyclic) bond motifs is 1. The van der Waals surface area contributed by atoms with Crippen molar-refractivity contribution in [2.24, 2.45) is 0 Å². The third kappa shape index (κ3) is 4.36. The number of ether oxygens (including phenoxy) is 3. The molecule has 1 fully saturated rings. The van der Waals surface area contributed by atoms with Crippen LogP contribution in [-0.2, 0) is 0 Å². The van der Waals surface area contributed by atoms with Crippen LogP contribution in [0.2, 0.25) is 0 Å². The summed E-state index contributed by atoms with van der Waals surface area (Å²) in [6, 6.07) is 10.0. The van der Waals surface area contributed by atoms with Crippen LogP contribution in [-0.4, -0.2) is 68.7 Å². The number of methoxy groups -OCH3 is 1. The quantitative estimate of drug-likeness (QED) is 0.671. The summed E-state index contributed by atoms with van der Waals surface area (Å²) in [4.78, 5) is 9.16. The summed E-state index contributed by atoms with van der Waals surface area (Å²) < 4.78 is 16.8. The molecular formula is C21H24N4O3S. The van der Waals surface area contributed by atoms with E-state index in [0.717, 1.165) is 60.7 Å². The predicted molar refractivity (Wildman–Crippen MR) is 112 cm³/mol. The molecule has 2 aromatic rings. The second-order valence-electron chi connectivity index (χ2n) is 6.78. The Morgan fingerprint density at radius 2 is 2.00 bits per heavy atom. The van der Waals surface area contributed by atoms with Gasteiger partial charge in [0, 0.05) is 44.7 Å². The number of thioether (sulfide) groups is 1. The number of pyridine rings is 1. The zero-order chi connectivity index (χ0) is 20.1. The van der Waals surface area contributed by atoms with Crippen molar-refractivity contribution in [3.8, 4) is 23.3 Å². The van der Waals surface area contributed by atoms with Crippen LogP contribution in [0, 0.1) is 11.3 Å². The first-order valence-electron chi connectivity index (χ1n) is 9.72.